The molecule has 6 aromatic heterocycles. The standard InChI is InChI=1S/C42H42N3S.C36H30N3S.C34H28N3S/c1-25(2)32-22-31(30-17-10-9-11-18-30)23-33(26(3)4)40(32)45-37-20-13-12-19-36(37)44(8)42(45)34-24-38-35(21-29(34)7)43-41(46-38)39-27(5)15-14-16-28(39)6;1-23-11-10-12-24(2)34(23)35-37-30-21-25(3)29(22-33(30)40-35)36-38(4)31-15-8-9-16-32(31)39(36)28-19-17-27(18-20-28)26-13-6-5-7-14-26;1-21-11-9-12-22(2)32(21)33-35-27-19-23(3)26(20-31(27)38-33)34-36(4)29-16-7-8-17-30(29)37(34)28-18-10-14-24-13-5-6-15-25(24)28/h9-26H,1-8H3;5-22H,1-4H3;5-20H,1-4H3/q3*+1. The number of imidazole rings is 3. The molecule has 0 aliphatic carbocycles. The number of aryl methyl sites for hydroxylation is 12. The first kappa shape index (κ1) is 80.4. The summed E-state index contributed by atoms with van der Waals surface area (Å²) in [5.41, 5.74) is 40.4. The van der Waals surface area contributed by atoms with Crippen LogP contribution in [0.25, 0.3) is 180 Å². The maximum absolute atomic E-state index is 5.16. The minimum Gasteiger partial charge on any atom is -0.236 e. The highest BCUT2D eigenvalue weighted by Crippen LogP contribution is 2.46. The predicted octanol–water partition coefficient (Wildman–Crippen LogP) is 28.7. The zero-order valence-electron chi connectivity index (χ0n) is 73.3. The van der Waals surface area contributed by atoms with Crippen molar-refractivity contribution in [2.24, 2.45) is 21.1 Å². The van der Waals surface area contributed by atoms with E-state index in [9.17, 15) is 0 Å². The molecule has 124 heavy (non-hydrogen) atoms. The lowest BCUT2D eigenvalue weighted by Crippen LogP contribution is -2.30. The van der Waals surface area contributed by atoms with Gasteiger partial charge in [0.15, 0.2) is 33.1 Å². The molecule has 6 heterocycles. The van der Waals surface area contributed by atoms with Crippen LogP contribution in [0.5, 0.6) is 0 Å². The molecule has 9 nitrogen and oxygen atoms in total. The summed E-state index contributed by atoms with van der Waals surface area (Å²) in [5.74, 6) is 4.19. The Morgan fingerprint density at radius 2 is 0.605 bits per heavy atom. The van der Waals surface area contributed by atoms with E-state index in [2.05, 4.69) is 442 Å². The molecule has 0 bridgehead atoms. The topological polar surface area (TPSA) is 65.1 Å². The largest absolute Gasteiger partial charge is 0.295 e. The average molecular weight is 1670 g/mol. The Balaban J connectivity index is 0.000000123. The first-order valence-corrected chi connectivity index (χ1v) is 45.4. The first-order valence-electron chi connectivity index (χ1n) is 42.9. The first-order chi connectivity index (χ1) is 60.1. The van der Waals surface area contributed by atoms with E-state index in [0.29, 0.717) is 11.8 Å². The molecule has 0 saturated heterocycles. The zero-order chi connectivity index (χ0) is 85.6. The van der Waals surface area contributed by atoms with E-state index in [0.717, 1.165) is 43.1 Å². The fourth-order valence-corrected chi connectivity index (χ4v) is 22.3. The van der Waals surface area contributed by atoms with E-state index in [-0.39, 0.29) is 0 Å². The summed E-state index contributed by atoms with van der Waals surface area (Å²) in [5, 5.41) is 5.75. The van der Waals surface area contributed by atoms with Gasteiger partial charge in [0.05, 0.1) is 68.5 Å². The molecule has 12 heteroatoms. The molecule has 0 radical (unpaired) electrons. The van der Waals surface area contributed by atoms with Crippen LogP contribution in [0, 0.1) is 62.3 Å². The van der Waals surface area contributed by atoms with Crippen molar-refractivity contribution in [3.05, 3.63) is 365 Å². The van der Waals surface area contributed by atoms with Crippen LogP contribution in [0.4, 0.5) is 0 Å². The van der Waals surface area contributed by atoms with Crippen molar-refractivity contribution in [2.75, 3.05) is 0 Å². The van der Waals surface area contributed by atoms with Gasteiger partial charge in [-0.25, -0.2) is 28.7 Å². The Kier molecular flexibility index (Phi) is 21.3. The van der Waals surface area contributed by atoms with Gasteiger partial charge in [0, 0.05) is 33.2 Å². The molecule has 21 aromatic rings. The Labute approximate surface area is 738 Å². The second kappa shape index (κ2) is 32.8. The smallest absolute Gasteiger partial charge is 0.236 e. The van der Waals surface area contributed by atoms with Crippen LogP contribution in [0.15, 0.2) is 303 Å². The van der Waals surface area contributed by atoms with Gasteiger partial charge in [-0.15, -0.1) is 34.0 Å². The van der Waals surface area contributed by atoms with Gasteiger partial charge in [0.25, 0.3) is 17.5 Å². The summed E-state index contributed by atoms with van der Waals surface area (Å²) in [6.45, 7) is 29.0. The van der Waals surface area contributed by atoms with E-state index < -0.39 is 0 Å². The average Bonchev–Trinajstić information content (AvgIpc) is 1.58. The Bertz CT molecular complexity index is 7660. The van der Waals surface area contributed by atoms with Crippen LogP contribution in [0.1, 0.15) is 101 Å². The van der Waals surface area contributed by atoms with E-state index >= 15 is 0 Å². The number of para-hydroxylation sites is 6. The second-order valence-electron chi connectivity index (χ2n) is 34.0. The number of hydrogen-bond donors (Lipinski definition) is 0. The summed E-state index contributed by atoms with van der Waals surface area (Å²) >= 11 is 5.36. The Morgan fingerprint density at radius 1 is 0.282 bits per heavy atom. The maximum Gasteiger partial charge on any atom is 0.295 e. The number of fused-ring (bicyclic) bond motifs is 7. The molecule has 0 N–H and O–H groups in total. The zero-order valence-corrected chi connectivity index (χ0v) is 75.7. The van der Waals surface area contributed by atoms with Gasteiger partial charge in [0.1, 0.15) is 32.1 Å². The third-order valence-corrected chi connectivity index (χ3v) is 28.1. The molecule has 0 aliphatic rings. The normalized spacial score (nSPS) is 11.7. The van der Waals surface area contributed by atoms with Crippen molar-refractivity contribution in [2.45, 2.75) is 102 Å². The quantitative estimate of drug-likeness (QED) is 0.108. The van der Waals surface area contributed by atoms with Crippen molar-refractivity contribution >= 4 is 109 Å². The third-order valence-electron chi connectivity index (χ3n) is 25.0. The van der Waals surface area contributed by atoms with E-state index in [4.69, 9.17) is 15.0 Å². The molecule has 21 rings (SSSR count). The Morgan fingerprint density at radius 3 is 1.02 bits per heavy atom. The van der Waals surface area contributed by atoms with E-state index in [1.807, 2.05) is 0 Å². The number of nitrogens with zero attached hydrogens (tertiary/aromatic N) is 9. The number of hydrogen-bond acceptors (Lipinski definition) is 6. The minimum absolute atomic E-state index is 0.334. The lowest BCUT2D eigenvalue weighted by Gasteiger charge is -2.21. The van der Waals surface area contributed by atoms with E-state index in [1.165, 1.54) is 198 Å². The lowest BCUT2D eigenvalue weighted by molar-refractivity contribution is -0.634. The summed E-state index contributed by atoms with van der Waals surface area (Å²) in [6, 6.07) is 110. The van der Waals surface area contributed by atoms with Gasteiger partial charge in [-0.05, 0) is 255 Å². The van der Waals surface area contributed by atoms with Crippen molar-refractivity contribution in [3.63, 3.8) is 0 Å². The molecular formula is C112H100N9S3+3. The van der Waals surface area contributed by atoms with Crippen LogP contribution in [-0.2, 0) is 21.1 Å². The fourth-order valence-electron chi connectivity index (χ4n) is 18.8. The van der Waals surface area contributed by atoms with Crippen LogP contribution in [0.2, 0.25) is 0 Å². The Hall–Kier alpha value is -13.4. The summed E-state index contributed by atoms with van der Waals surface area (Å²) in [6.07, 6.45) is 0. The van der Waals surface area contributed by atoms with Crippen molar-refractivity contribution < 1.29 is 13.7 Å². The minimum atomic E-state index is 0.334. The van der Waals surface area contributed by atoms with Gasteiger partial charge >= 0.3 is 0 Å². The summed E-state index contributed by atoms with van der Waals surface area (Å²) in [4.78, 5) is 15.3. The number of aromatic nitrogens is 9. The lowest BCUT2D eigenvalue weighted by atomic mass is 9.88. The highest BCUT2D eigenvalue weighted by molar-refractivity contribution is 7.22. The highest BCUT2D eigenvalue weighted by Gasteiger charge is 2.35. The predicted molar refractivity (Wildman–Crippen MR) is 525 cm³/mol. The SMILES string of the molecule is Cc1cc2nc(-c3c(C)cccc3C)sc2cc1-c1n(-c2c(C(C)C)cc(-c3ccccc3)cc2C(C)C)c2ccccc2[n+]1C.Cc1cc2nc(-c3c(C)cccc3C)sc2cc1-c1n(-c2ccc(-c3ccccc3)cc2)c2ccccc2[n+]1C.Cc1cc2nc(-c3c(C)cccc3C)sc2cc1-c1n(-c2cccc3ccccc23)c2ccccc2[n+]1C. The van der Waals surface area contributed by atoms with Gasteiger partial charge in [0.2, 0.25) is 0 Å². The molecule has 0 spiro atoms. The molecule has 0 aliphatic heterocycles. The second-order valence-corrected chi connectivity index (χ2v) is 37.1. The number of thiazole rings is 3. The highest BCUT2D eigenvalue weighted by atomic mass is 32.1. The van der Waals surface area contributed by atoms with Gasteiger partial charge in [-0.1, -0.05) is 228 Å². The molecule has 0 saturated carbocycles. The number of benzene rings is 15. The molecule has 0 fully saturated rings. The van der Waals surface area contributed by atoms with Gasteiger partial charge < -0.3 is 0 Å². The molecule has 608 valence electrons. The van der Waals surface area contributed by atoms with Crippen LogP contribution >= 0.6 is 34.0 Å². The summed E-state index contributed by atoms with van der Waals surface area (Å²) in [7, 11) is 6.57. The van der Waals surface area contributed by atoms with Crippen molar-refractivity contribution in [3.8, 4) is 105 Å². The summed E-state index contributed by atoms with van der Waals surface area (Å²) < 4.78 is 18.0. The van der Waals surface area contributed by atoms with Crippen molar-refractivity contribution in [1.29, 1.82) is 0 Å². The molecular weight excluding hydrogens is 1570 g/mol. The van der Waals surface area contributed by atoms with Gasteiger partial charge in [-0.2, -0.15) is 13.7 Å². The molecule has 0 amide bonds. The van der Waals surface area contributed by atoms with Crippen LogP contribution in [-0.4, -0.2) is 28.7 Å². The molecule has 0 unspecified atom stereocenters. The number of rotatable bonds is 13. The monoisotopic (exact) mass is 1670 g/mol. The van der Waals surface area contributed by atoms with E-state index in [1.54, 1.807) is 34.0 Å². The molecule has 0 atom stereocenters. The third kappa shape index (κ3) is 14.3. The van der Waals surface area contributed by atoms with Crippen LogP contribution in [0.3, 0.4) is 0 Å². The van der Waals surface area contributed by atoms with Crippen LogP contribution < -0.4 is 13.7 Å². The maximum atomic E-state index is 5.16. The van der Waals surface area contributed by atoms with Gasteiger partial charge in [-0.3, -0.25) is 0 Å². The molecule has 15 aromatic carbocycles. The van der Waals surface area contributed by atoms with Crippen molar-refractivity contribution in [1.82, 2.24) is 28.7 Å². The fraction of sp³-hybridized carbons (Fsp3) is 0.161.